The summed E-state index contributed by atoms with van der Waals surface area (Å²) in [6, 6.07) is 0. The van der Waals surface area contributed by atoms with E-state index in [0.717, 1.165) is 102 Å². The van der Waals surface area contributed by atoms with Gasteiger partial charge in [-0.25, -0.2) is 9.13 Å². The average molecular weight is 1380 g/mol. The molecule has 0 aliphatic heterocycles. The molecule has 0 saturated heterocycles. The third-order valence-corrected chi connectivity index (χ3v) is 19.4. The fourth-order valence-electron chi connectivity index (χ4n) is 11.5. The summed E-state index contributed by atoms with van der Waals surface area (Å²) in [6.45, 7) is 9.58. The van der Waals surface area contributed by atoms with E-state index in [1.165, 1.54) is 205 Å². The number of carbonyl (C=O) groups is 4. The Bertz CT molecular complexity index is 1820. The Morgan fingerprint density at radius 2 is 0.489 bits per heavy atom. The molecule has 0 aromatic rings. The normalized spacial score (nSPS) is 14.0. The molecular weight excluding hydrogens is 1230 g/mol. The minimum Gasteiger partial charge on any atom is -0.462 e. The van der Waals surface area contributed by atoms with Gasteiger partial charge in [0.25, 0.3) is 0 Å². The van der Waals surface area contributed by atoms with Crippen LogP contribution in [-0.4, -0.2) is 96.7 Å². The number of ether oxygens (including phenoxy) is 4. The van der Waals surface area contributed by atoms with Crippen LogP contribution < -0.4 is 0 Å². The number of aliphatic hydroxyl groups excluding tert-OH is 1. The van der Waals surface area contributed by atoms with Crippen molar-refractivity contribution in [3.63, 3.8) is 0 Å². The highest BCUT2D eigenvalue weighted by molar-refractivity contribution is 7.47. The molecule has 19 heteroatoms. The van der Waals surface area contributed by atoms with Crippen LogP contribution in [0.4, 0.5) is 0 Å². The number of carbonyl (C=O) groups excluding carboxylic acids is 4. The largest absolute Gasteiger partial charge is 0.472 e. The van der Waals surface area contributed by atoms with Gasteiger partial charge in [0.05, 0.1) is 26.4 Å². The van der Waals surface area contributed by atoms with Crippen LogP contribution in [0.25, 0.3) is 0 Å². The highest BCUT2D eigenvalue weighted by atomic mass is 31.2. The number of phosphoric ester groups is 2. The van der Waals surface area contributed by atoms with Crippen molar-refractivity contribution in [3.8, 4) is 0 Å². The summed E-state index contributed by atoms with van der Waals surface area (Å²) >= 11 is 0. The second-order valence-corrected chi connectivity index (χ2v) is 30.9. The van der Waals surface area contributed by atoms with Crippen molar-refractivity contribution in [2.24, 2.45) is 11.8 Å². The Morgan fingerprint density at radius 1 is 0.287 bits per heavy atom. The van der Waals surface area contributed by atoms with Crippen LogP contribution in [0.3, 0.4) is 0 Å². The first kappa shape index (κ1) is 92.1. The Labute approximate surface area is 575 Å². The lowest BCUT2D eigenvalue weighted by atomic mass is 10.0. The van der Waals surface area contributed by atoms with E-state index in [1.807, 2.05) is 0 Å². The molecule has 558 valence electrons. The lowest BCUT2D eigenvalue weighted by molar-refractivity contribution is -0.161. The van der Waals surface area contributed by atoms with Gasteiger partial charge in [0.2, 0.25) is 0 Å². The third-order valence-electron chi connectivity index (χ3n) is 17.5. The molecule has 0 saturated carbocycles. The molecule has 94 heavy (non-hydrogen) atoms. The standard InChI is InChI=1S/C75H146O17P2/c1-7-9-11-13-15-17-18-19-21-25-28-34-40-46-52-58-73(78)86-64-71(91-74(79)59-53-47-41-35-29-26-23-20-22-24-27-32-37-43-49-55-67(3)4)66-90-94(83,84)88-62-69(76)61-87-93(81,82)89-65-70(63-85-72(77)57-51-45-39-31-16-14-12-10-8-2)92-75(80)60-54-48-42-36-30-33-38-44-50-56-68(5)6/h67-71,76H,7-66H2,1-6H3,(H,81,82)(H,83,84)/t69-,70+,71+/m0/s1. The first-order valence-electron chi connectivity index (χ1n) is 39.0. The highest BCUT2D eigenvalue weighted by Crippen LogP contribution is 2.45. The predicted molar refractivity (Wildman–Crippen MR) is 381 cm³/mol. The zero-order valence-corrected chi connectivity index (χ0v) is 63.1. The van der Waals surface area contributed by atoms with E-state index in [0.29, 0.717) is 25.7 Å². The number of rotatable bonds is 74. The Morgan fingerprint density at radius 3 is 0.723 bits per heavy atom. The summed E-state index contributed by atoms with van der Waals surface area (Å²) < 4.78 is 68.5. The van der Waals surface area contributed by atoms with Crippen molar-refractivity contribution in [1.29, 1.82) is 0 Å². The molecular formula is C75H146O17P2. The van der Waals surface area contributed by atoms with Crippen molar-refractivity contribution in [1.82, 2.24) is 0 Å². The topological polar surface area (TPSA) is 237 Å². The maximum atomic E-state index is 13.1. The quantitative estimate of drug-likeness (QED) is 0.0222. The summed E-state index contributed by atoms with van der Waals surface area (Å²) in [4.78, 5) is 72.7. The first-order chi connectivity index (χ1) is 45.4. The molecule has 0 spiro atoms. The highest BCUT2D eigenvalue weighted by Gasteiger charge is 2.30. The number of phosphoric acid groups is 2. The van der Waals surface area contributed by atoms with Gasteiger partial charge in [0, 0.05) is 25.7 Å². The molecule has 0 rings (SSSR count). The zero-order valence-electron chi connectivity index (χ0n) is 61.3. The average Bonchev–Trinajstić information content (AvgIpc) is 2.44. The molecule has 0 bridgehead atoms. The van der Waals surface area contributed by atoms with Crippen LogP contribution in [0.2, 0.25) is 0 Å². The van der Waals surface area contributed by atoms with E-state index in [-0.39, 0.29) is 25.7 Å². The van der Waals surface area contributed by atoms with Gasteiger partial charge < -0.3 is 33.8 Å². The number of unbranched alkanes of at least 4 members (excludes halogenated alkanes) is 44. The van der Waals surface area contributed by atoms with Crippen molar-refractivity contribution in [2.75, 3.05) is 39.6 Å². The summed E-state index contributed by atoms with van der Waals surface area (Å²) in [5.74, 6) is -0.578. The van der Waals surface area contributed by atoms with E-state index in [9.17, 15) is 43.2 Å². The Kier molecular flexibility index (Phi) is 65.5. The van der Waals surface area contributed by atoms with E-state index in [1.54, 1.807) is 0 Å². The lowest BCUT2D eigenvalue weighted by Crippen LogP contribution is -2.30. The molecule has 5 atom stereocenters. The summed E-state index contributed by atoms with van der Waals surface area (Å²) in [6.07, 6.45) is 54.1. The van der Waals surface area contributed by atoms with Gasteiger partial charge in [-0.2, -0.15) is 0 Å². The van der Waals surface area contributed by atoms with Crippen molar-refractivity contribution in [2.45, 2.75) is 407 Å². The van der Waals surface area contributed by atoms with Gasteiger partial charge in [-0.15, -0.1) is 0 Å². The Hall–Kier alpha value is -1.94. The maximum absolute atomic E-state index is 13.1. The van der Waals surface area contributed by atoms with Gasteiger partial charge in [-0.3, -0.25) is 37.3 Å². The van der Waals surface area contributed by atoms with E-state index in [4.69, 9.17) is 37.0 Å². The van der Waals surface area contributed by atoms with Crippen LogP contribution in [0.15, 0.2) is 0 Å². The number of hydrogen-bond acceptors (Lipinski definition) is 15. The predicted octanol–water partition coefficient (Wildman–Crippen LogP) is 21.9. The monoisotopic (exact) mass is 1380 g/mol. The van der Waals surface area contributed by atoms with Crippen LogP contribution >= 0.6 is 15.6 Å². The van der Waals surface area contributed by atoms with Gasteiger partial charge in [0.15, 0.2) is 12.2 Å². The fourth-order valence-corrected chi connectivity index (χ4v) is 13.1. The van der Waals surface area contributed by atoms with Gasteiger partial charge in [-0.05, 0) is 37.5 Å². The molecule has 0 aliphatic rings. The molecule has 3 N–H and O–H groups in total. The smallest absolute Gasteiger partial charge is 0.462 e. The number of esters is 4. The van der Waals surface area contributed by atoms with Crippen molar-refractivity contribution < 1.29 is 80.2 Å². The second kappa shape index (κ2) is 66.9. The molecule has 0 amide bonds. The molecule has 0 radical (unpaired) electrons. The van der Waals surface area contributed by atoms with Crippen molar-refractivity contribution in [3.05, 3.63) is 0 Å². The molecule has 2 unspecified atom stereocenters. The van der Waals surface area contributed by atoms with E-state index < -0.39 is 97.5 Å². The fraction of sp³-hybridized carbons (Fsp3) is 0.947. The number of aliphatic hydroxyl groups is 1. The minimum absolute atomic E-state index is 0.105. The first-order valence-corrected chi connectivity index (χ1v) is 42.0. The minimum atomic E-state index is -4.96. The summed E-state index contributed by atoms with van der Waals surface area (Å²) in [7, 11) is -9.91. The summed E-state index contributed by atoms with van der Waals surface area (Å²) in [5.41, 5.74) is 0. The van der Waals surface area contributed by atoms with Crippen LogP contribution in [0, 0.1) is 11.8 Å². The maximum Gasteiger partial charge on any atom is 0.472 e. The van der Waals surface area contributed by atoms with Crippen LogP contribution in [0.5, 0.6) is 0 Å². The third kappa shape index (κ3) is 68.6. The molecule has 0 aromatic carbocycles. The molecule has 17 nitrogen and oxygen atoms in total. The van der Waals surface area contributed by atoms with Gasteiger partial charge >= 0.3 is 39.5 Å². The van der Waals surface area contributed by atoms with Gasteiger partial charge in [0.1, 0.15) is 19.3 Å². The molecule has 0 aliphatic carbocycles. The summed E-state index contributed by atoms with van der Waals surface area (Å²) in [5, 5.41) is 10.6. The zero-order chi connectivity index (χ0) is 69.3. The van der Waals surface area contributed by atoms with E-state index in [2.05, 4.69) is 41.5 Å². The molecule has 0 fully saturated rings. The number of hydrogen-bond donors (Lipinski definition) is 3. The molecule has 0 aromatic heterocycles. The van der Waals surface area contributed by atoms with E-state index >= 15 is 0 Å². The lowest BCUT2D eigenvalue weighted by Gasteiger charge is -2.21. The SMILES string of the molecule is CCCCCCCCCCCCCCCCCC(=O)OC[C@H](COP(=O)(O)OC[C@@H](O)COP(=O)(O)OC[C@@H](COC(=O)CCCCCCCCCCC)OC(=O)CCCCCCCCCCCC(C)C)OC(=O)CCCCCCCCCCCCCCCCCC(C)C. The second-order valence-electron chi connectivity index (χ2n) is 28.0. The van der Waals surface area contributed by atoms with Crippen molar-refractivity contribution >= 4 is 39.5 Å². The van der Waals surface area contributed by atoms with Gasteiger partial charge in [-0.1, -0.05) is 337 Å². The Balaban J connectivity index is 5.23. The van der Waals surface area contributed by atoms with Crippen LogP contribution in [0.1, 0.15) is 388 Å². The van der Waals surface area contributed by atoms with Crippen LogP contribution in [-0.2, 0) is 65.4 Å². The molecule has 0 heterocycles.